The van der Waals surface area contributed by atoms with Crippen LogP contribution in [-0.2, 0) is 23.7 Å². The second-order valence-corrected chi connectivity index (χ2v) is 20.9. The van der Waals surface area contributed by atoms with Crippen molar-refractivity contribution in [3.05, 3.63) is 0 Å². The van der Waals surface area contributed by atoms with Gasteiger partial charge in [0, 0.05) is 31.5 Å². The molecule has 2 amide bonds. The summed E-state index contributed by atoms with van der Waals surface area (Å²) in [4.78, 5) is 29.6. The summed E-state index contributed by atoms with van der Waals surface area (Å²) in [6.07, 6.45) is 8.86. The number of aliphatic hydroxyl groups excluding tert-OH is 1. The molecular weight excluding hydrogens is 656 g/mol. The second-order valence-electron chi connectivity index (χ2n) is 20.9. The third-order valence-electron chi connectivity index (χ3n) is 17.4. The van der Waals surface area contributed by atoms with E-state index in [2.05, 4.69) is 62.3 Å². The Morgan fingerprint density at radius 1 is 0.923 bits per heavy atom. The first-order valence-electron chi connectivity index (χ1n) is 21.3. The van der Waals surface area contributed by atoms with E-state index in [1.54, 1.807) is 4.90 Å². The minimum Gasteiger partial charge on any atom is -0.443 e. The molecule has 3 saturated heterocycles. The van der Waals surface area contributed by atoms with E-state index in [0.29, 0.717) is 55.2 Å². The van der Waals surface area contributed by atoms with Crippen molar-refractivity contribution in [2.24, 2.45) is 62.6 Å². The lowest BCUT2D eigenvalue weighted by molar-refractivity contribution is -0.248. The molecule has 8 fully saturated rings. The number of hydrogen-bond acceptors (Lipinski definition) is 7. The van der Waals surface area contributed by atoms with Crippen LogP contribution in [0.3, 0.4) is 0 Å². The Kier molecular flexibility index (Phi) is 9.24. The maximum Gasteiger partial charge on any atom is 0.410 e. The number of fused-ring (bicyclic) bond motifs is 4. The minimum atomic E-state index is -0.541. The molecule has 294 valence electrons. The van der Waals surface area contributed by atoms with Gasteiger partial charge in [-0.3, -0.25) is 4.79 Å². The molecule has 5 saturated carbocycles. The average molecular weight is 727 g/mol. The molecule has 8 aliphatic rings. The van der Waals surface area contributed by atoms with Crippen molar-refractivity contribution in [1.29, 1.82) is 0 Å². The Hall–Kier alpha value is -1.42. The van der Waals surface area contributed by atoms with Gasteiger partial charge in [0.05, 0.1) is 37.6 Å². The van der Waals surface area contributed by atoms with Crippen molar-refractivity contribution < 1.29 is 33.6 Å². The van der Waals surface area contributed by atoms with Crippen LogP contribution in [0.1, 0.15) is 127 Å². The summed E-state index contributed by atoms with van der Waals surface area (Å²) in [6.45, 7) is 23.9. The molecule has 8 rings (SSSR count). The molecular formula is C43H70N2O7. The van der Waals surface area contributed by atoms with E-state index in [9.17, 15) is 14.7 Å². The third-order valence-corrected chi connectivity index (χ3v) is 17.4. The van der Waals surface area contributed by atoms with E-state index >= 15 is 0 Å². The van der Waals surface area contributed by atoms with Crippen molar-refractivity contribution in [3.8, 4) is 0 Å². The summed E-state index contributed by atoms with van der Waals surface area (Å²) < 4.78 is 26.2. The van der Waals surface area contributed by atoms with Gasteiger partial charge in [-0.2, -0.15) is 0 Å². The van der Waals surface area contributed by atoms with Gasteiger partial charge in [-0.05, 0) is 115 Å². The Morgan fingerprint density at radius 2 is 1.63 bits per heavy atom. The van der Waals surface area contributed by atoms with Crippen molar-refractivity contribution in [2.45, 2.75) is 163 Å². The van der Waals surface area contributed by atoms with Crippen molar-refractivity contribution in [2.75, 3.05) is 32.8 Å². The molecule has 1 N–H and O–H groups in total. The number of rotatable bonds is 7. The van der Waals surface area contributed by atoms with E-state index in [0.717, 1.165) is 45.2 Å². The summed E-state index contributed by atoms with van der Waals surface area (Å²) in [7, 11) is 0. The lowest BCUT2D eigenvalue weighted by Crippen LogP contribution is -2.60. The fraction of sp³-hybridized carbons (Fsp3) is 0.953. The van der Waals surface area contributed by atoms with Gasteiger partial charge in [0.1, 0.15) is 6.10 Å². The molecule has 0 radical (unpaired) electrons. The van der Waals surface area contributed by atoms with Crippen LogP contribution in [0.25, 0.3) is 0 Å². The highest BCUT2D eigenvalue weighted by atomic mass is 16.7. The van der Waals surface area contributed by atoms with Gasteiger partial charge in [-0.15, -0.1) is 0 Å². The Balaban J connectivity index is 0.994. The van der Waals surface area contributed by atoms with Crippen LogP contribution in [0.4, 0.5) is 4.79 Å². The topological polar surface area (TPSA) is 97.8 Å². The first kappa shape index (κ1) is 37.5. The third kappa shape index (κ3) is 5.26. The van der Waals surface area contributed by atoms with Crippen LogP contribution in [0.5, 0.6) is 0 Å². The number of nitrogens with zero attached hydrogens (tertiary/aromatic N) is 2. The molecule has 5 aliphatic carbocycles. The molecule has 0 unspecified atom stereocenters. The number of amides is 2. The van der Waals surface area contributed by atoms with Gasteiger partial charge in [0.15, 0.2) is 6.29 Å². The Morgan fingerprint density at radius 3 is 2.31 bits per heavy atom. The molecule has 14 atom stereocenters. The second kappa shape index (κ2) is 12.8. The molecule has 52 heavy (non-hydrogen) atoms. The standard InChI is InChI=1S/C43H70N2O7/c1-25(2)21-32(46)45-19-20-49-33(23-45)51-31-13-14-42-24-43(42)16-15-40(8)34-27(5)22-28(35(26(3)4)52-38(48)44-17-10-18-44)50-36(34)37(47)41(40,9)30(43)12-11-29(42)39(31,6)7/h25-31,33-37,47H,10-24H2,1-9H3/t27-,28-,29+,30+,31+,33+,34+,35-,36+,37+,40-,41-,42-,43+/m1/s1. The number of hydrogen-bond donors (Lipinski definition) is 1. The molecule has 0 aromatic carbocycles. The largest absolute Gasteiger partial charge is 0.443 e. The highest BCUT2D eigenvalue weighted by molar-refractivity contribution is 5.76. The number of carbonyl (C=O) groups is 2. The van der Waals surface area contributed by atoms with Crippen LogP contribution in [0, 0.1) is 62.6 Å². The summed E-state index contributed by atoms with van der Waals surface area (Å²) >= 11 is 0. The van der Waals surface area contributed by atoms with Gasteiger partial charge in [-0.25, -0.2) is 4.79 Å². The first-order chi connectivity index (χ1) is 24.5. The van der Waals surface area contributed by atoms with E-state index in [1.165, 1.54) is 25.7 Å². The zero-order chi connectivity index (χ0) is 37.2. The molecule has 9 nitrogen and oxygen atoms in total. The van der Waals surface area contributed by atoms with Crippen LogP contribution in [-0.4, -0.2) is 96.5 Å². The minimum absolute atomic E-state index is 0.00553. The van der Waals surface area contributed by atoms with Crippen molar-refractivity contribution in [3.63, 3.8) is 0 Å². The lowest BCUT2D eigenvalue weighted by Gasteiger charge is -2.64. The van der Waals surface area contributed by atoms with Gasteiger partial charge >= 0.3 is 6.09 Å². The van der Waals surface area contributed by atoms with Gasteiger partial charge in [0.25, 0.3) is 0 Å². The predicted molar refractivity (Wildman–Crippen MR) is 198 cm³/mol. The molecule has 3 aliphatic heterocycles. The van der Waals surface area contributed by atoms with Crippen LogP contribution < -0.4 is 0 Å². The molecule has 3 heterocycles. The normalized spacial score (nSPS) is 48.1. The molecule has 0 aromatic heterocycles. The van der Waals surface area contributed by atoms with E-state index in [-0.39, 0.29) is 76.2 Å². The number of ether oxygens (including phenoxy) is 4. The van der Waals surface area contributed by atoms with Crippen LogP contribution in [0.2, 0.25) is 0 Å². The number of likely N-dealkylation sites (tertiary alicyclic amines) is 1. The highest BCUT2D eigenvalue weighted by Gasteiger charge is 2.84. The highest BCUT2D eigenvalue weighted by Crippen LogP contribution is 2.89. The molecule has 0 aromatic rings. The molecule has 9 heteroatoms. The monoisotopic (exact) mass is 727 g/mol. The molecule has 0 bridgehead atoms. The summed E-state index contributed by atoms with van der Waals surface area (Å²) in [6, 6.07) is 0. The van der Waals surface area contributed by atoms with E-state index in [4.69, 9.17) is 18.9 Å². The summed E-state index contributed by atoms with van der Waals surface area (Å²) in [5, 5.41) is 12.7. The fourth-order valence-electron chi connectivity index (χ4n) is 14.7. The maximum absolute atomic E-state index is 13.0. The van der Waals surface area contributed by atoms with E-state index < -0.39 is 6.10 Å². The van der Waals surface area contributed by atoms with Gasteiger partial charge in [-0.1, -0.05) is 62.3 Å². The predicted octanol–water partition coefficient (Wildman–Crippen LogP) is 7.28. The van der Waals surface area contributed by atoms with Gasteiger partial charge < -0.3 is 33.9 Å². The lowest BCUT2D eigenvalue weighted by atomic mass is 9.41. The number of morpholine rings is 1. The SMILES string of the molecule is CC(C)CC(=O)N1CCO[C@@H](O[C@H]2CC[C@]34C[C@]35CC[C@]3(C)[C@@H]6[C@H](O[C@@H]([C@H](OC(=O)N7CCC7)C(C)C)C[C@H]6C)[C@H](O)[C@@]3(C)[C@@H]5CC[C@H]4C2(C)C)C1. The quantitative estimate of drug-likeness (QED) is 0.295. The fourth-order valence-corrected chi connectivity index (χ4v) is 14.7. The Labute approximate surface area is 313 Å². The zero-order valence-corrected chi connectivity index (χ0v) is 33.8. The number of carbonyl (C=O) groups excluding carboxylic acids is 2. The smallest absolute Gasteiger partial charge is 0.410 e. The average Bonchev–Trinajstić information content (AvgIpc) is 3.68. The van der Waals surface area contributed by atoms with Crippen molar-refractivity contribution in [1.82, 2.24) is 9.80 Å². The zero-order valence-electron chi connectivity index (χ0n) is 33.8. The summed E-state index contributed by atoms with van der Waals surface area (Å²) in [5.41, 5.74) is 0.307. The number of aliphatic hydroxyl groups is 1. The summed E-state index contributed by atoms with van der Waals surface area (Å²) in [5.74, 6) is 2.38. The molecule has 2 spiro atoms. The van der Waals surface area contributed by atoms with E-state index in [1.807, 2.05) is 4.90 Å². The van der Waals surface area contributed by atoms with Crippen LogP contribution >= 0.6 is 0 Å². The maximum atomic E-state index is 13.0. The first-order valence-corrected chi connectivity index (χ1v) is 21.3. The van der Waals surface area contributed by atoms with Gasteiger partial charge in [0.2, 0.25) is 5.91 Å². The van der Waals surface area contributed by atoms with Crippen LogP contribution in [0.15, 0.2) is 0 Å². The van der Waals surface area contributed by atoms with Crippen molar-refractivity contribution >= 4 is 12.0 Å². The Bertz CT molecular complexity index is 1400.